The van der Waals surface area contributed by atoms with Gasteiger partial charge >= 0.3 is 6.09 Å². The number of hydrogen-bond acceptors (Lipinski definition) is 5. The lowest BCUT2D eigenvalue weighted by molar-refractivity contribution is 0.0704. The fourth-order valence-electron chi connectivity index (χ4n) is 4.00. The van der Waals surface area contributed by atoms with Crippen molar-refractivity contribution in [3.05, 3.63) is 88.4 Å². The van der Waals surface area contributed by atoms with E-state index in [1.54, 1.807) is 66.7 Å². The normalized spacial score (nSPS) is 17.5. The van der Waals surface area contributed by atoms with Gasteiger partial charge in [-0.1, -0.05) is 48.0 Å². The summed E-state index contributed by atoms with van der Waals surface area (Å²) in [4.78, 5) is 33.5. The van der Waals surface area contributed by atoms with Gasteiger partial charge < -0.3 is 14.8 Å². The number of nitrogens with zero attached hydrogens (tertiary/aromatic N) is 2. The third-order valence-corrected chi connectivity index (χ3v) is 5.76. The standard InChI is InChI=1S/C23H17ClN4O4/c1-32-22(30)27-21-25-17-11-10-13(12-18(17)26-21)23(31)15-7-3-2-6-14(15)20(29)28(23)19-9-5-4-8-16(19)24/h2-12,31H,1H3,(H2,25,26,27,30). The lowest BCUT2D eigenvalue weighted by Gasteiger charge is -2.35. The number of H-pyrrole nitrogens is 1. The number of hydrogen-bond donors (Lipinski definition) is 3. The van der Waals surface area contributed by atoms with Crippen LogP contribution in [0.3, 0.4) is 0 Å². The number of amides is 2. The number of aromatic nitrogens is 2. The molecular formula is C23H17ClN4O4. The summed E-state index contributed by atoms with van der Waals surface area (Å²) in [5.74, 6) is -0.171. The van der Waals surface area contributed by atoms with Crippen LogP contribution in [0.2, 0.25) is 5.02 Å². The van der Waals surface area contributed by atoms with Crippen molar-refractivity contribution in [3.63, 3.8) is 0 Å². The third kappa shape index (κ3) is 2.92. The largest absolute Gasteiger partial charge is 0.453 e. The average Bonchev–Trinajstić information content (AvgIpc) is 3.30. The van der Waals surface area contributed by atoms with Crippen LogP contribution in [0.1, 0.15) is 21.5 Å². The Morgan fingerprint density at radius 1 is 1.16 bits per heavy atom. The Morgan fingerprint density at radius 3 is 2.69 bits per heavy atom. The molecule has 8 nitrogen and oxygen atoms in total. The Bertz CT molecular complexity index is 1390. The van der Waals surface area contributed by atoms with Gasteiger partial charge in [-0.3, -0.25) is 15.0 Å². The fourth-order valence-corrected chi connectivity index (χ4v) is 4.22. The highest BCUT2D eigenvalue weighted by molar-refractivity contribution is 6.34. The number of rotatable bonds is 3. The minimum atomic E-state index is -1.81. The van der Waals surface area contributed by atoms with Gasteiger partial charge in [-0.2, -0.15) is 0 Å². The maximum Gasteiger partial charge on any atom is 0.413 e. The number of benzene rings is 3. The minimum Gasteiger partial charge on any atom is -0.453 e. The molecular weight excluding hydrogens is 432 g/mol. The molecule has 0 saturated carbocycles. The van der Waals surface area contributed by atoms with E-state index in [1.165, 1.54) is 12.0 Å². The van der Waals surface area contributed by atoms with E-state index >= 15 is 0 Å². The lowest BCUT2D eigenvalue weighted by atomic mass is 9.93. The molecule has 5 rings (SSSR count). The molecule has 9 heteroatoms. The fraction of sp³-hybridized carbons (Fsp3) is 0.0870. The number of nitrogens with one attached hydrogen (secondary N) is 2. The molecule has 0 bridgehead atoms. The number of anilines is 2. The molecule has 0 fully saturated rings. The molecule has 1 aliphatic rings. The zero-order chi connectivity index (χ0) is 22.5. The van der Waals surface area contributed by atoms with Crippen LogP contribution < -0.4 is 10.2 Å². The topological polar surface area (TPSA) is 108 Å². The number of carbonyl (C=O) groups excluding carboxylic acids is 2. The molecule has 3 N–H and O–H groups in total. The monoisotopic (exact) mass is 448 g/mol. The van der Waals surface area contributed by atoms with Crippen LogP contribution in [0.15, 0.2) is 66.7 Å². The van der Waals surface area contributed by atoms with Gasteiger partial charge in [0.2, 0.25) is 5.95 Å². The Balaban J connectivity index is 1.69. The van der Waals surface area contributed by atoms with E-state index in [4.69, 9.17) is 11.6 Å². The number of fused-ring (bicyclic) bond motifs is 2. The van der Waals surface area contributed by atoms with E-state index in [1.807, 2.05) is 0 Å². The second kappa shape index (κ2) is 7.37. The highest BCUT2D eigenvalue weighted by Crippen LogP contribution is 2.46. The molecule has 2 amide bonds. The van der Waals surface area contributed by atoms with Crippen LogP contribution in [0.4, 0.5) is 16.4 Å². The van der Waals surface area contributed by atoms with Crippen molar-refractivity contribution in [3.8, 4) is 0 Å². The molecule has 1 aliphatic heterocycles. The number of carbonyl (C=O) groups is 2. The smallest absolute Gasteiger partial charge is 0.413 e. The lowest BCUT2D eigenvalue weighted by Crippen LogP contribution is -2.45. The van der Waals surface area contributed by atoms with Crippen LogP contribution in [-0.4, -0.2) is 34.2 Å². The van der Waals surface area contributed by atoms with Gasteiger partial charge in [-0.05, 0) is 30.3 Å². The zero-order valence-electron chi connectivity index (χ0n) is 16.8. The Hall–Kier alpha value is -3.88. The number of ether oxygens (including phenoxy) is 1. The Kier molecular flexibility index (Phi) is 4.61. The van der Waals surface area contributed by atoms with E-state index < -0.39 is 11.8 Å². The molecule has 32 heavy (non-hydrogen) atoms. The molecule has 0 aliphatic carbocycles. The maximum atomic E-state index is 13.4. The summed E-state index contributed by atoms with van der Waals surface area (Å²) in [5.41, 5.74) is 0.939. The van der Waals surface area contributed by atoms with Gasteiger partial charge in [0.15, 0.2) is 5.72 Å². The first-order valence-corrected chi connectivity index (χ1v) is 10.1. The SMILES string of the molecule is COC(=O)Nc1nc2ccc(C3(O)c4ccccc4C(=O)N3c3ccccc3Cl)cc2[nH]1. The summed E-state index contributed by atoms with van der Waals surface area (Å²) in [5, 5.41) is 14.9. The van der Waals surface area contributed by atoms with E-state index in [-0.39, 0.29) is 11.9 Å². The number of imidazole rings is 1. The summed E-state index contributed by atoms with van der Waals surface area (Å²) in [7, 11) is 1.25. The van der Waals surface area contributed by atoms with Crippen molar-refractivity contribution in [2.45, 2.75) is 5.72 Å². The molecule has 1 atom stereocenters. The van der Waals surface area contributed by atoms with Crippen molar-refractivity contribution in [1.82, 2.24) is 9.97 Å². The number of methoxy groups -OCH3 is 1. The third-order valence-electron chi connectivity index (χ3n) is 5.44. The van der Waals surface area contributed by atoms with Crippen molar-refractivity contribution in [2.24, 2.45) is 0 Å². The summed E-state index contributed by atoms with van der Waals surface area (Å²) in [6.45, 7) is 0. The molecule has 1 unspecified atom stereocenters. The highest BCUT2D eigenvalue weighted by Gasteiger charge is 2.51. The van der Waals surface area contributed by atoms with E-state index in [9.17, 15) is 14.7 Å². The minimum absolute atomic E-state index is 0.196. The van der Waals surface area contributed by atoms with E-state index in [2.05, 4.69) is 20.0 Å². The molecule has 4 aromatic rings. The van der Waals surface area contributed by atoms with Crippen molar-refractivity contribution in [2.75, 3.05) is 17.3 Å². The van der Waals surface area contributed by atoms with Gasteiger partial charge in [0, 0.05) is 16.7 Å². The molecule has 3 aromatic carbocycles. The van der Waals surface area contributed by atoms with Gasteiger partial charge in [-0.15, -0.1) is 0 Å². The maximum absolute atomic E-state index is 13.4. The van der Waals surface area contributed by atoms with Gasteiger partial charge in [0.05, 0.1) is 28.9 Å². The quantitative estimate of drug-likeness (QED) is 0.434. The molecule has 0 radical (unpaired) electrons. The second-order valence-corrected chi connectivity index (χ2v) is 7.65. The van der Waals surface area contributed by atoms with Gasteiger partial charge in [-0.25, -0.2) is 9.78 Å². The highest BCUT2D eigenvalue weighted by atomic mass is 35.5. The summed E-state index contributed by atoms with van der Waals surface area (Å²) in [6.07, 6.45) is -0.664. The van der Waals surface area contributed by atoms with E-state index in [0.29, 0.717) is 38.4 Å². The van der Waals surface area contributed by atoms with Crippen LogP contribution >= 0.6 is 11.6 Å². The average molecular weight is 449 g/mol. The Morgan fingerprint density at radius 2 is 1.91 bits per heavy atom. The number of para-hydroxylation sites is 1. The van der Waals surface area contributed by atoms with E-state index in [0.717, 1.165) is 0 Å². The van der Waals surface area contributed by atoms with Crippen LogP contribution in [0.25, 0.3) is 11.0 Å². The molecule has 2 heterocycles. The van der Waals surface area contributed by atoms with Crippen LogP contribution in [0, 0.1) is 0 Å². The van der Waals surface area contributed by atoms with Crippen LogP contribution in [0.5, 0.6) is 0 Å². The first-order chi connectivity index (χ1) is 15.4. The predicted octanol–water partition coefficient (Wildman–Crippen LogP) is 4.25. The van der Waals surface area contributed by atoms with Gasteiger partial charge in [0.25, 0.3) is 5.91 Å². The number of aliphatic hydroxyl groups is 1. The summed E-state index contributed by atoms with van der Waals surface area (Å²) in [6, 6.07) is 18.8. The molecule has 1 aromatic heterocycles. The molecule has 0 saturated heterocycles. The van der Waals surface area contributed by atoms with Crippen LogP contribution in [-0.2, 0) is 10.5 Å². The Labute approximate surface area is 187 Å². The van der Waals surface area contributed by atoms with Crippen molar-refractivity contribution >= 4 is 46.3 Å². The first-order valence-electron chi connectivity index (χ1n) is 9.69. The number of aromatic amines is 1. The summed E-state index contributed by atoms with van der Waals surface area (Å²) < 4.78 is 4.59. The predicted molar refractivity (Wildman–Crippen MR) is 120 cm³/mol. The summed E-state index contributed by atoms with van der Waals surface area (Å²) >= 11 is 6.41. The van der Waals surface area contributed by atoms with Gasteiger partial charge in [0.1, 0.15) is 0 Å². The van der Waals surface area contributed by atoms with Crippen molar-refractivity contribution in [1.29, 1.82) is 0 Å². The molecule has 0 spiro atoms. The second-order valence-electron chi connectivity index (χ2n) is 7.24. The number of halogens is 1. The van der Waals surface area contributed by atoms with Crippen molar-refractivity contribution < 1.29 is 19.4 Å². The zero-order valence-corrected chi connectivity index (χ0v) is 17.6. The molecule has 160 valence electrons. The first kappa shape index (κ1) is 20.0.